The zero-order valence-corrected chi connectivity index (χ0v) is 12.0. The summed E-state index contributed by atoms with van der Waals surface area (Å²) in [6.07, 6.45) is 2.88. The molecule has 0 fully saturated rings. The fraction of sp³-hybridized carbons (Fsp3) is 0.176. The molecule has 3 rings (SSSR count). The Kier molecular flexibility index (Phi) is 3.96. The Morgan fingerprint density at radius 1 is 1.00 bits per heavy atom. The van der Waals surface area contributed by atoms with Gasteiger partial charge in [0.05, 0.1) is 23.3 Å². The second-order valence-electron chi connectivity index (χ2n) is 4.80. The highest BCUT2D eigenvalue weighted by Gasteiger charge is 2.08. The van der Waals surface area contributed by atoms with Gasteiger partial charge >= 0.3 is 0 Å². The largest absolute Gasteiger partial charge is 0.370 e. The SMILES string of the molecule is CCCNc1cccc(-c2ccnn2-c2ccccc2)n1. The summed E-state index contributed by atoms with van der Waals surface area (Å²) in [6.45, 7) is 3.07. The fourth-order valence-corrected chi connectivity index (χ4v) is 2.20. The number of hydrogen-bond donors (Lipinski definition) is 1. The maximum Gasteiger partial charge on any atom is 0.126 e. The molecule has 0 bridgehead atoms. The predicted molar refractivity (Wildman–Crippen MR) is 85.6 cm³/mol. The number of benzene rings is 1. The highest BCUT2D eigenvalue weighted by molar-refractivity contribution is 5.59. The van der Waals surface area contributed by atoms with Gasteiger partial charge in [0.15, 0.2) is 0 Å². The zero-order valence-electron chi connectivity index (χ0n) is 12.0. The molecule has 0 saturated carbocycles. The second kappa shape index (κ2) is 6.22. The summed E-state index contributed by atoms with van der Waals surface area (Å²) in [5.74, 6) is 0.898. The van der Waals surface area contributed by atoms with Crippen LogP contribution in [0.5, 0.6) is 0 Å². The van der Waals surface area contributed by atoms with Crippen LogP contribution < -0.4 is 5.32 Å². The third kappa shape index (κ3) is 2.94. The smallest absolute Gasteiger partial charge is 0.126 e. The Morgan fingerprint density at radius 2 is 1.86 bits per heavy atom. The Balaban J connectivity index is 1.97. The van der Waals surface area contributed by atoms with Crippen LogP contribution in [0.25, 0.3) is 17.1 Å². The van der Waals surface area contributed by atoms with Crippen LogP contribution in [-0.2, 0) is 0 Å². The van der Waals surface area contributed by atoms with E-state index in [9.17, 15) is 0 Å². The molecule has 0 saturated heterocycles. The molecule has 4 heteroatoms. The standard InChI is InChI=1S/C17H18N4/c1-2-12-18-17-10-6-9-15(20-17)16-11-13-19-21(16)14-7-4-3-5-8-14/h3-11,13H,2,12H2,1H3,(H,18,20). The quantitative estimate of drug-likeness (QED) is 0.772. The number of pyridine rings is 1. The van der Waals surface area contributed by atoms with Gasteiger partial charge in [-0.05, 0) is 36.8 Å². The van der Waals surface area contributed by atoms with Gasteiger partial charge in [-0.3, -0.25) is 0 Å². The zero-order chi connectivity index (χ0) is 14.5. The van der Waals surface area contributed by atoms with Gasteiger partial charge in [-0.15, -0.1) is 0 Å². The summed E-state index contributed by atoms with van der Waals surface area (Å²) in [5.41, 5.74) is 2.94. The highest BCUT2D eigenvalue weighted by atomic mass is 15.3. The van der Waals surface area contributed by atoms with E-state index in [0.29, 0.717) is 0 Å². The number of nitrogens with zero attached hydrogens (tertiary/aromatic N) is 3. The van der Waals surface area contributed by atoms with Crippen LogP contribution in [0.4, 0.5) is 5.82 Å². The average molecular weight is 278 g/mol. The molecule has 4 nitrogen and oxygen atoms in total. The predicted octanol–water partition coefficient (Wildman–Crippen LogP) is 3.76. The van der Waals surface area contributed by atoms with Crippen LogP contribution >= 0.6 is 0 Å². The molecule has 1 aromatic carbocycles. The number of nitrogens with one attached hydrogen (secondary N) is 1. The fourth-order valence-electron chi connectivity index (χ4n) is 2.20. The van der Waals surface area contributed by atoms with Crippen LogP contribution in [0.1, 0.15) is 13.3 Å². The van der Waals surface area contributed by atoms with Crippen LogP contribution in [0.3, 0.4) is 0 Å². The summed E-state index contributed by atoms with van der Waals surface area (Å²) >= 11 is 0. The minimum absolute atomic E-state index is 0.898. The van der Waals surface area contributed by atoms with E-state index in [4.69, 9.17) is 0 Å². The van der Waals surface area contributed by atoms with Gasteiger partial charge in [-0.2, -0.15) is 5.10 Å². The van der Waals surface area contributed by atoms with E-state index in [2.05, 4.69) is 22.3 Å². The second-order valence-corrected chi connectivity index (χ2v) is 4.80. The van der Waals surface area contributed by atoms with Crippen molar-refractivity contribution < 1.29 is 0 Å². The van der Waals surface area contributed by atoms with Crippen LogP contribution in [-0.4, -0.2) is 21.3 Å². The first-order valence-corrected chi connectivity index (χ1v) is 7.19. The molecule has 2 aromatic heterocycles. The van der Waals surface area contributed by atoms with Crippen molar-refractivity contribution in [3.05, 3.63) is 60.8 Å². The van der Waals surface area contributed by atoms with Crippen LogP contribution in [0.2, 0.25) is 0 Å². The van der Waals surface area contributed by atoms with Crippen LogP contribution in [0, 0.1) is 0 Å². The molecule has 106 valence electrons. The minimum atomic E-state index is 0.898. The van der Waals surface area contributed by atoms with E-state index in [1.165, 1.54) is 0 Å². The van der Waals surface area contributed by atoms with E-state index in [-0.39, 0.29) is 0 Å². The Bertz CT molecular complexity index is 704. The maximum atomic E-state index is 4.67. The van der Waals surface area contributed by atoms with Crippen molar-refractivity contribution in [3.63, 3.8) is 0 Å². The lowest BCUT2D eigenvalue weighted by Gasteiger charge is -2.09. The number of hydrogen-bond acceptors (Lipinski definition) is 3. The van der Waals surface area contributed by atoms with Crippen molar-refractivity contribution in [1.82, 2.24) is 14.8 Å². The summed E-state index contributed by atoms with van der Waals surface area (Å²) in [6, 6.07) is 18.1. The summed E-state index contributed by atoms with van der Waals surface area (Å²) < 4.78 is 1.91. The number of rotatable bonds is 5. The summed E-state index contributed by atoms with van der Waals surface area (Å²) in [5, 5.41) is 7.73. The molecule has 0 radical (unpaired) electrons. The van der Waals surface area contributed by atoms with E-state index >= 15 is 0 Å². The Labute approximate surface area is 124 Å². The van der Waals surface area contributed by atoms with Gasteiger partial charge in [0, 0.05) is 6.54 Å². The molecular formula is C17H18N4. The van der Waals surface area contributed by atoms with E-state index in [0.717, 1.165) is 35.9 Å². The van der Waals surface area contributed by atoms with Gasteiger partial charge in [0.25, 0.3) is 0 Å². The number of anilines is 1. The molecule has 0 aliphatic rings. The van der Waals surface area contributed by atoms with Crippen molar-refractivity contribution in [3.8, 4) is 17.1 Å². The van der Waals surface area contributed by atoms with Crippen molar-refractivity contribution in [1.29, 1.82) is 0 Å². The van der Waals surface area contributed by atoms with E-state index < -0.39 is 0 Å². The third-order valence-electron chi connectivity index (χ3n) is 3.21. The van der Waals surface area contributed by atoms with Crippen molar-refractivity contribution >= 4 is 5.82 Å². The summed E-state index contributed by atoms with van der Waals surface area (Å²) in [7, 11) is 0. The molecule has 3 aromatic rings. The third-order valence-corrected chi connectivity index (χ3v) is 3.21. The van der Waals surface area contributed by atoms with Gasteiger partial charge in [0.1, 0.15) is 5.82 Å². The normalized spacial score (nSPS) is 10.5. The lowest BCUT2D eigenvalue weighted by Crippen LogP contribution is -2.04. The van der Waals surface area contributed by atoms with Crippen molar-refractivity contribution in [2.45, 2.75) is 13.3 Å². The van der Waals surface area contributed by atoms with Crippen molar-refractivity contribution in [2.24, 2.45) is 0 Å². The molecule has 1 N–H and O–H groups in total. The van der Waals surface area contributed by atoms with Crippen LogP contribution in [0.15, 0.2) is 60.8 Å². The number of para-hydroxylation sites is 1. The van der Waals surface area contributed by atoms with E-state index in [1.54, 1.807) is 6.20 Å². The molecular weight excluding hydrogens is 260 g/mol. The van der Waals surface area contributed by atoms with Crippen molar-refractivity contribution in [2.75, 3.05) is 11.9 Å². The first-order chi connectivity index (χ1) is 10.4. The van der Waals surface area contributed by atoms with Gasteiger partial charge in [-0.1, -0.05) is 31.2 Å². The molecule has 0 unspecified atom stereocenters. The van der Waals surface area contributed by atoms with Gasteiger partial charge < -0.3 is 5.32 Å². The lowest BCUT2D eigenvalue weighted by molar-refractivity contribution is 0.883. The average Bonchev–Trinajstić information content (AvgIpc) is 3.04. The molecule has 0 atom stereocenters. The molecule has 2 heterocycles. The molecule has 21 heavy (non-hydrogen) atoms. The van der Waals surface area contributed by atoms with Gasteiger partial charge in [-0.25, -0.2) is 9.67 Å². The maximum absolute atomic E-state index is 4.67. The Morgan fingerprint density at radius 3 is 2.67 bits per heavy atom. The van der Waals surface area contributed by atoms with Gasteiger partial charge in [0.2, 0.25) is 0 Å². The first kappa shape index (κ1) is 13.4. The van der Waals surface area contributed by atoms with E-state index in [1.807, 2.05) is 59.3 Å². The molecule has 0 amide bonds. The number of aromatic nitrogens is 3. The monoisotopic (exact) mass is 278 g/mol. The molecule has 0 aliphatic carbocycles. The summed E-state index contributed by atoms with van der Waals surface area (Å²) in [4.78, 5) is 4.67. The lowest BCUT2D eigenvalue weighted by atomic mass is 10.2. The highest BCUT2D eigenvalue weighted by Crippen LogP contribution is 2.21. The molecule has 0 spiro atoms. The topological polar surface area (TPSA) is 42.7 Å². The molecule has 0 aliphatic heterocycles. The minimum Gasteiger partial charge on any atom is -0.370 e. The first-order valence-electron chi connectivity index (χ1n) is 7.19. The Hall–Kier alpha value is -2.62.